The number of sulfonamides is 1. The first-order valence-electron chi connectivity index (χ1n) is 14.3. The van der Waals surface area contributed by atoms with Crippen molar-refractivity contribution in [3.63, 3.8) is 0 Å². The van der Waals surface area contributed by atoms with Crippen molar-refractivity contribution in [3.8, 4) is 10.4 Å². The van der Waals surface area contributed by atoms with E-state index in [0.717, 1.165) is 85.6 Å². The van der Waals surface area contributed by atoms with Crippen LogP contribution in [0.5, 0.6) is 0 Å². The van der Waals surface area contributed by atoms with E-state index in [1.54, 1.807) is 23.1 Å². The van der Waals surface area contributed by atoms with E-state index in [0.29, 0.717) is 5.69 Å². The first-order valence-corrected chi connectivity index (χ1v) is 16.5. The first kappa shape index (κ1) is 27.9. The first-order chi connectivity index (χ1) is 19.8. The fourth-order valence-corrected chi connectivity index (χ4v) is 8.75. The molecule has 3 aliphatic rings. The lowest BCUT2D eigenvalue weighted by atomic mass is 9.82. The molecule has 0 unspecified atom stereocenters. The molecule has 41 heavy (non-hydrogen) atoms. The Hall–Kier alpha value is -3.28. The molecule has 1 amide bonds. The zero-order valence-electron chi connectivity index (χ0n) is 22.8. The van der Waals surface area contributed by atoms with Gasteiger partial charge in [-0.15, -0.1) is 11.3 Å². The number of carboxylic acid groups (broad SMARTS) is 1. The average molecular weight is 595 g/mol. The van der Waals surface area contributed by atoms with Gasteiger partial charge in [0.25, 0.3) is 0 Å². The molecule has 1 aromatic carbocycles. The molecule has 1 atom stereocenters. The lowest BCUT2D eigenvalue weighted by molar-refractivity contribution is -0.121. The Balaban J connectivity index is 1.34. The predicted octanol–water partition coefficient (Wildman–Crippen LogP) is 5.09. The number of carboxylic acids is 1. The third-order valence-corrected chi connectivity index (χ3v) is 11.5. The summed E-state index contributed by atoms with van der Waals surface area (Å²) < 4.78 is 28.9. The normalized spacial score (nSPS) is 21.0. The number of hydrogen-bond acceptors (Lipinski definition) is 7. The van der Waals surface area contributed by atoms with E-state index in [1.807, 2.05) is 30.3 Å². The minimum atomic E-state index is -3.99. The summed E-state index contributed by atoms with van der Waals surface area (Å²) in [5.74, 6) is -0.669. The summed E-state index contributed by atoms with van der Waals surface area (Å²) >= 11 is 1.14. The minimum Gasteiger partial charge on any atom is -0.477 e. The quantitative estimate of drug-likeness (QED) is 0.405. The van der Waals surface area contributed by atoms with Crippen molar-refractivity contribution in [1.29, 1.82) is 0 Å². The molecule has 11 heteroatoms. The van der Waals surface area contributed by atoms with Crippen LogP contribution in [0.4, 0.5) is 11.5 Å². The highest BCUT2D eigenvalue weighted by Gasteiger charge is 2.44. The van der Waals surface area contributed by atoms with Crippen molar-refractivity contribution >= 4 is 44.7 Å². The lowest BCUT2D eigenvalue weighted by Crippen LogP contribution is -2.60. The number of aromatic nitrogens is 1. The van der Waals surface area contributed by atoms with Gasteiger partial charge in [-0.1, -0.05) is 49.6 Å². The number of thiophene rings is 1. The number of pyridine rings is 1. The van der Waals surface area contributed by atoms with Crippen LogP contribution in [0.3, 0.4) is 0 Å². The van der Waals surface area contributed by atoms with E-state index < -0.39 is 27.9 Å². The van der Waals surface area contributed by atoms with E-state index in [-0.39, 0.29) is 28.8 Å². The van der Waals surface area contributed by atoms with Gasteiger partial charge < -0.3 is 14.9 Å². The maximum absolute atomic E-state index is 13.9. The van der Waals surface area contributed by atoms with Crippen LogP contribution in [0.15, 0.2) is 59.6 Å². The van der Waals surface area contributed by atoms with Crippen LogP contribution in [-0.2, 0) is 14.8 Å². The zero-order valence-corrected chi connectivity index (χ0v) is 24.4. The van der Waals surface area contributed by atoms with Crippen molar-refractivity contribution in [3.05, 3.63) is 59.6 Å². The summed E-state index contributed by atoms with van der Waals surface area (Å²) in [4.78, 5) is 35.4. The smallest absolute Gasteiger partial charge is 0.348 e. The Morgan fingerprint density at radius 3 is 2.37 bits per heavy atom. The second-order valence-electron chi connectivity index (χ2n) is 11.1. The molecule has 2 aliphatic heterocycles. The maximum atomic E-state index is 13.9. The van der Waals surface area contributed by atoms with Crippen molar-refractivity contribution < 1.29 is 23.1 Å². The third-order valence-electron chi connectivity index (χ3n) is 8.51. The highest BCUT2D eigenvalue weighted by Crippen LogP contribution is 2.42. The molecule has 3 fully saturated rings. The summed E-state index contributed by atoms with van der Waals surface area (Å²) in [5.41, 5.74) is 1.23. The van der Waals surface area contributed by atoms with Crippen LogP contribution in [0.1, 0.15) is 54.6 Å². The van der Waals surface area contributed by atoms with E-state index in [9.17, 15) is 23.1 Å². The van der Waals surface area contributed by atoms with Gasteiger partial charge in [-0.05, 0) is 55.4 Å². The lowest BCUT2D eigenvalue weighted by Gasteiger charge is -2.44. The number of rotatable bonds is 7. The molecule has 3 aromatic rings. The third kappa shape index (κ3) is 5.50. The molecule has 9 nitrogen and oxygen atoms in total. The number of benzene rings is 1. The topological polar surface area (TPSA) is 111 Å². The van der Waals surface area contributed by atoms with Crippen LogP contribution in [-0.4, -0.2) is 66.9 Å². The number of amides is 1. The Morgan fingerprint density at radius 1 is 0.976 bits per heavy atom. The Labute approximate surface area is 244 Å². The fraction of sp³-hybridized carbons (Fsp3) is 0.433. The number of carbonyl (C=O) groups is 2. The van der Waals surface area contributed by atoms with Crippen LogP contribution >= 0.6 is 11.3 Å². The molecule has 0 radical (unpaired) electrons. The van der Waals surface area contributed by atoms with Gasteiger partial charge in [-0.2, -0.15) is 4.31 Å². The summed E-state index contributed by atoms with van der Waals surface area (Å²) in [5, 5.41) is 10.1. The fourth-order valence-electron chi connectivity index (χ4n) is 6.41. The number of nitrogens with zero attached hydrogens (tertiary/aromatic N) is 4. The number of anilines is 2. The monoisotopic (exact) mass is 594 g/mol. The van der Waals surface area contributed by atoms with Gasteiger partial charge in [-0.25, -0.2) is 18.2 Å². The van der Waals surface area contributed by atoms with E-state index in [1.165, 1.54) is 10.5 Å². The predicted molar refractivity (Wildman–Crippen MR) is 159 cm³/mol. The summed E-state index contributed by atoms with van der Waals surface area (Å²) in [6.45, 7) is 1.58. The van der Waals surface area contributed by atoms with E-state index in [2.05, 4.69) is 9.88 Å². The molecule has 1 saturated carbocycles. The molecular weight excluding hydrogens is 560 g/mol. The van der Waals surface area contributed by atoms with Gasteiger partial charge >= 0.3 is 5.97 Å². The second kappa shape index (κ2) is 11.5. The molecular formula is C30H34N4O5S2. The van der Waals surface area contributed by atoms with Crippen molar-refractivity contribution in [2.24, 2.45) is 5.92 Å². The summed E-state index contributed by atoms with van der Waals surface area (Å²) in [6, 6.07) is 14.1. The van der Waals surface area contributed by atoms with Crippen LogP contribution < -0.4 is 9.80 Å². The van der Waals surface area contributed by atoms with Gasteiger partial charge in [0.2, 0.25) is 15.9 Å². The Bertz CT molecular complexity index is 1510. The number of piperazine rings is 1. The molecule has 0 spiro atoms. The Morgan fingerprint density at radius 2 is 1.71 bits per heavy atom. The molecule has 4 heterocycles. The van der Waals surface area contributed by atoms with E-state index >= 15 is 0 Å². The highest BCUT2D eigenvalue weighted by molar-refractivity contribution is 7.89. The van der Waals surface area contributed by atoms with Gasteiger partial charge in [0.15, 0.2) is 0 Å². The van der Waals surface area contributed by atoms with Crippen LogP contribution in [0.25, 0.3) is 10.4 Å². The average Bonchev–Trinajstić information content (AvgIpc) is 3.69. The Kier molecular flexibility index (Phi) is 7.84. The SMILES string of the molecule is O=C(O)c1sc(-c2ccccc2)cc1N1C(=O)CN(S(=O)(=O)c2ccc(N3CCCC3)nc2)C[C@@H]1C1CCCCC1. The van der Waals surface area contributed by atoms with Crippen LogP contribution in [0, 0.1) is 5.92 Å². The molecule has 216 valence electrons. The minimum absolute atomic E-state index is 0.0669. The largest absolute Gasteiger partial charge is 0.477 e. The zero-order chi connectivity index (χ0) is 28.6. The van der Waals surface area contributed by atoms with E-state index in [4.69, 9.17) is 0 Å². The van der Waals surface area contributed by atoms with Crippen molar-refractivity contribution in [2.75, 3.05) is 36.0 Å². The van der Waals surface area contributed by atoms with Gasteiger partial charge in [-0.3, -0.25) is 4.79 Å². The maximum Gasteiger partial charge on any atom is 0.348 e. The van der Waals surface area contributed by atoms with Crippen molar-refractivity contribution in [1.82, 2.24) is 9.29 Å². The highest BCUT2D eigenvalue weighted by atomic mass is 32.2. The second-order valence-corrected chi connectivity index (χ2v) is 14.1. The molecule has 0 bridgehead atoms. The van der Waals surface area contributed by atoms with Crippen LogP contribution in [0.2, 0.25) is 0 Å². The van der Waals surface area contributed by atoms with Gasteiger partial charge in [0, 0.05) is 30.7 Å². The van der Waals surface area contributed by atoms with Gasteiger partial charge in [0.05, 0.1) is 18.3 Å². The van der Waals surface area contributed by atoms with Gasteiger partial charge in [0.1, 0.15) is 15.6 Å². The number of aromatic carboxylic acids is 1. The number of hydrogen-bond donors (Lipinski definition) is 1. The summed E-state index contributed by atoms with van der Waals surface area (Å²) in [7, 11) is -3.99. The standard InChI is InChI=1S/C30H34N4O5S2/c35-28-20-33(41(38,39)23-13-14-27(31-18-23)32-15-7-8-16-32)19-25(21-9-3-1-4-10-21)34(28)24-17-26(40-29(24)30(36)37)22-11-5-2-6-12-22/h2,5-6,11-14,17-18,21,25H,1,3-4,7-10,15-16,19-20H2,(H,36,37)/t25-/m1/s1. The molecule has 2 aromatic heterocycles. The number of carbonyl (C=O) groups excluding carboxylic acids is 1. The molecule has 1 N–H and O–H groups in total. The summed E-state index contributed by atoms with van der Waals surface area (Å²) in [6.07, 6.45) is 8.42. The molecule has 6 rings (SSSR count). The molecule has 2 saturated heterocycles. The molecule has 1 aliphatic carbocycles. The van der Waals surface area contributed by atoms with Crippen molar-refractivity contribution in [2.45, 2.75) is 55.9 Å².